The van der Waals surface area contributed by atoms with Crippen LogP contribution in [-0.2, 0) is 12.4 Å². The summed E-state index contributed by atoms with van der Waals surface area (Å²) in [6.45, 7) is 0. The molecule has 2 aromatic carbocycles. The molecule has 0 bridgehead atoms. The number of hydrogen-bond donors (Lipinski definition) is 0. The second-order valence-electron chi connectivity index (χ2n) is 4.53. The van der Waals surface area contributed by atoms with Crippen LogP contribution < -0.4 is 0 Å². The van der Waals surface area contributed by atoms with Crippen LogP contribution in [0.1, 0.15) is 11.1 Å². The molecule has 0 saturated carbocycles. The van der Waals surface area contributed by atoms with E-state index in [2.05, 4.69) is 10.2 Å². The van der Waals surface area contributed by atoms with Crippen LogP contribution in [-0.4, -0.2) is 0 Å². The summed E-state index contributed by atoms with van der Waals surface area (Å²) >= 11 is 11.4. The zero-order valence-electron chi connectivity index (χ0n) is 11.4. The molecule has 0 aromatic heterocycles. The molecule has 0 saturated heterocycles. The van der Waals surface area contributed by atoms with Crippen molar-refractivity contribution < 1.29 is 26.3 Å². The lowest BCUT2D eigenvalue weighted by Crippen LogP contribution is -2.04. The van der Waals surface area contributed by atoms with Crippen molar-refractivity contribution in [1.29, 1.82) is 0 Å². The third-order valence-corrected chi connectivity index (χ3v) is 3.42. The van der Waals surface area contributed by atoms with E-state index >= 15 is 0 Å². The highest BCUT2D eigenvalue weighted by molar-refractivity contribution is 6.33. The zero-order chi connectivity index (χ0) is 18.1. The number of halogens is 8. The van der Waals surface area contributed by atoms with Crippen molar-refractivity contribution in [3.05, 3.63) is 57.6 Å². The van der Waals surface area contributed by atoms with E-state index in [1.165, 1.54) is 0 Å². The van der Waals surface area contributed by atoms with Gasteiger partial charge >= 0.3 is 12.4 Å². The quantitative estimate of drug-likeness (QED) is 0.378. The zero-order valence-corrected chi connectivity index (χ0v) is 12.9. The van der Waals surface area contributed by atoms with Crippen molar-refractivity contribution in [2.75, 3.05) is 0 Å². The molecule has 2 aromatic rings. The summed E-state index contributed by atoms with van der Waals surface area (Å²) in [6, 6.07) is 4.84. The monoisotopic (exact) mass is 386 g/mol. The SMILES string of the molecule is FC(F)(F)c1ccc(N=Nc2ccc(C(F)(F)F)cc2Cl)c(Cl)c1. The molecule has 0 radical (unpaired) electrons. The highest BCUT2D eigenvalue weighted by Crippen LogP contribution is 2.37. The first-order valence-electron chi connectivity index (χ1n) is 6.14. The van der Waals surface area contributed by atoms with Gasteiger partial charge in [0, 0.05) is 0 Å². The minimum absolute atomic E-state index is 0.0827. The van der Waals surface area contributed by atoms with Crippen molar-refractivity contribution in [3.63, 3.8) is 0 Å². The smallest absolute Gasteiger partial charge is 0.166 e. The summed E-state index contributed by atoms with van der Waals surface area (Å²) in [6.07, 6.45) is -9.12. The van der Waals surface area contributed by atoms with E-state index in [0.717, 1.165) is 24.3 Å². The first-order valence-corrected chi connectivity index (χ1v) is 6.89. The molecule has 0 amide bonds. The Balaban J connectivity index is 2.29. The molecule has 0 spiro atoms. The van der Waals surface area contributed by atoms with Crippen LogP contribution in [0.3, 0.4) is 0 Å². The fourth-order valence-corrected chi connectivity index (χ4v) is 2.07. The molecule has 2 rings (SSSR count). The third kappa shape index (κ3) is 4.39. The summed E-state index contributed by atoms with van der Waals surface area (Å²) in [4.78, 5) is 0. The van der Waals surface area contributed by atoms with Gasteiger partial charge in [-0.2, -0.15) is 26.3 Å². The Hall–Kier alpha value is -1.80. The number of rotatable bonds is 2. The van der Waals surface area contributed by atoms with E-state index in [1.54, 1.807) is 0 Å². The summed E-state index contributed by atoms with van der Waals surface area (Å²) in [5.41, 5.74) is -2.08. The predicted octanol–water partition coefficient (Wildman–Crippen LogP) is 7.45. The molecular weight excluding hydrogens is 381 g/mol. The lowest BCUT2D eigenvalue weighted by molar-refractivity contribution is -0.138. The van der Waals surface area contributed by atoms with E-state index in [-0.39, 0.29) is 21.4 Å². The minimum atomic E-state index is -4.56. The van der Waals surface area contributed by atoms with Crippen LogP contribution in [0.5, 0.6) is 0 Å². The maximum Gasteiger partial charge on any atom is 0.416 e. The van der Waals surface area contributed by atoms with Crippen LogP contribution in [0.2, 0.25) is 10.0 Å². The Bertz CT molecular complexity index is 718. The molecule has 0 aliphatic rings. The summed E-state index contributed by atoms with van der Waals surface area (Å²) in [7, 11) is 0. The summed E-state index contributed by atoms with van der Waals surface area (Å²) in [5.74, 6) is 0. The maximum atomic E-state index is 12.5. The standard InChI is InChI=1S/C14H6Cl2F6N2/c15-9-5-7(13(17,18)19)1-3-11(9)23-24-12-4-2-8(6-10(12)16)14(20,21)22/h1-6H. The van der Waals surface area contributed by atoms with E-state index in [9.17, 15) is 26.3 Å². The predicted molar refractivity (Wildman–Crippen MR) is 77.1 cm³/mol. The van der Waals surface area contributed by atoms with E-state index < -0.39 is 23.5 Å². The van der Waals surface area contributed by atoms with Crippen LogP contribution in [0.15, 0.2) is 46.6 Å². The molecule has 0 heterocycles. The topological polar surface area (TPSA) is 24.7 Å². The normalized spacial score (nSPS) is 12.8. The molecule has 0 aliphatic carbocycles. The maximum absolute atomic E-state index is 12.5. The largest absolute Gasteiger partial charge is 0.416 e. The molecule has 10 heteroatoms. The molecule has 128 valence electrons. The molecule has 0 unspecified atom stereocenters. The fraction of sp³-hybridized carbons (Fsp3) is 0.143. The fourth-order valence-electron chi connectivity index (χ4n) is 1.64. The molecule has 0 atom stereocenters. The van der Waals surface area contributed by atoms with Gasteiger partial charge in [-0.05, 0) is 36.4 Å². The number of benzene rings is 2. The van der Waals surface area contributed by atoms with Gasteiger partial charge in [0.25, 0.3) is 0 Å². The lowest BCUT2D eigenvalue weighted by atomic mass is 10.2. The molecule has 2 nitrogen and oxygen atoms in total. The lowest BCUT2D eigenvalue weighted by Gasteiger charge is -2.08. The Kier molecular flexibility index (Phi) is 5.10. The highest BCUT2D eigenvalue weighted by atomic mass is 35.5. The number of hydrogen-bond acceptors (Lipinski definition) is 2. The van der Waals surface area contributed by atoms with Gasteiger partial charge in [0.15, 0.2) is 0 Å². The second-order valence-corrected chi connectivity index (χ2v) is 5.34. The molecule has 24 heavy (non-hydrogen) atoms. The van der Waals surface area contributed by atoms with Crippen LogP contribution in [0.25, 0.3) is 0 Å². The Morgan fingerprint density at radius 2 is 0.958 bits per heavy atom. The summed E-state index contributed by atoms with van der Waals surface area (Å²) in [5, 5.41) is 6.61. The average Bonchev–Trinajstić information content (AvgIpc) is 2.45. The highest BCUT2D eigenvalue weighted by Gasteiger charge is 2.31. The van der Waals surface area contributed by atoms with Gasteiger partial charge in [-0.3, -0.25) is 0 Å². The second kappa shape index (κ2) is 6.60. The van der Waals surface area contributed by atoms with Crippen LogP contribution in [0, 0.1) is 0 Å². The van der Waals surface area contributed by atoms with Crippen molar-refractivity contribution in [2.24, 2.45) is 10.2 Å². The number of nitrogens with zero attached hydrogens (tertiary/aromatic N) is 2. The minimum Gasteiger partial charge on any atom is -0.166 e. The van der Waals surface area contributed by atoms with Gasteiger partial charge in [0.05, 0.1) is 21.2 Å². The number of alkyl halides is 6. The van der Waals surface area contributed by atoms with Gasteiger partial charge in [-0.15, -0.1) is 10.2 Å². The van der Waals surface area contributed by atoms with Crippen molar-refractivity contribution >= 4 is 34.6 Å². The van der Waals surface area contributed by atoms with Gasteiger partial charge in [0.1, 0.15) is 11.4 Å². The van der Waals surface area contributed by atoms with E-state index in [4.69, 9.17) is 23.2 Å². The van der Waals surface area contributed by atoms with Crippen LogP contribution >= 0.6 is 23.2 Å². The number of azo groups is 1. The van der Waals surface area contributed by atoms with Crippen molar-refractivity contribution in [1.82, 2.24) is 0 Å². The molecule has 0 fully saturated rings. The van der Waals surface area contributed by atoms with E-state index in [1.807, 2.05) is 0 Å². The average molecular weight is 387 g/mol. The molecule has 0 N–H and O–H groups in total. The van der Waals surface area contributed by atoms with Crippen molar-refractivity contribution in [2.45, 2.75) is 12.4 Å². The Morgan fingerprint density at radius 1 is 0.625 bits per heavy atom. The summed E-state index contributed by atoms with van der Waals surface area (Å²) < 4.78 is 75.1. The van der Waals surface area contributed by atoms with Gasteiger partial charge in [0.2, 0.25) is 0 Å². The molecular formula is C14H6Cl2F6N2. The third-order valence-electron chi connectivity index (χ3n) is 2.82. The Labute approximate surface area is 141 Å². The van der Waals surface area contributed by atoms with Gasteiger partial charge in [-0.25, -0.2) is 0 Å². The van der Waals surface area contributed by atoms with E-state index in [0.29, 0.717) is 12.1 Å². The van der Waals surface area contributed by atoms with Crippen LogP contribution in [0.4, 0.5) is 37.7 Å². The van der Waals surface area contributed by atoms with Crippen molar-refractivity contribution in [3.8, 4) is 0 Å². The molecule has 0 aliphatic heterocycles. The van der Waals surface area contributed by atoms with Gasteiger partial charge < -0.3 is 0 Å². The van der Waals surface area contributed by atoms with Gasteiger partial charge in [-0.1, -0.05) is 23.2 Å². The first-order chi connectivity index (χ1) is 11.0. The first kappa shape index (κ1) is 18.5. The Morgan fingerprint density at radius 3 is 1.21 bits per heavy atom.